The number of fused-ring (bicyclic) bond motifs is 6. The molecule has 4 aliphatic rings. The van der Waals surface area contributed by atoms with Crippen LogP contribution in [0.1, 0.15) is 58.3 Å². The minimum atomic E-state index is 0.952. The van der Waals surface area contributed by atoms with Crippen LogP contribution in [-0.4, -0.2) is 24.5 Å². The molecule has 0 amide bonds. The van der Waals surface area contributed by atoms with Crippen LogP contribution in [0.4, 0.5) is 0 Å². The first kappa shape index (κ1) is 12.7. The maximum atomic E-state index is 2.78. The van der Waals surface area contributed by atoms with Crippen LogP contribution < -0.4 is 0 Å². The fourth-order valence-electron chi connectivity index (χ4n) is 6.92. The van der Waals surface area contributed by atoms with Gasteiger partial charge in [0.15, 0.2) is 0 Å². The monoisotopic (exact) mass is 261 g/mol. The molecule has 4 rings (SSSR count). The fraction of sp³-hybridized carbons (Fsp3) is 1.00. The summed E-state index contributed by atoms with van der Waals surface area (Å²) in [6.45, 7) is 3.94. The van der Waals surface area contributed by atoms with E-state index in [1.807, 2.05) is 0 Å². The summed E-state index contributed by atoms with van der Waals surface area (Å²) in [6.07, 6.45) is 12.3. The summed E-state index contributed by atoms with van der Waals surface area (Å²) in [4.78, 5) is 2.78. The van der Waals surface area contributed by atoms with Gasteiger partial charge in [0.2, 0.25) is 0 Å². The summed E-state index contributed by atoms with van der Waals surface area (Å²) in [5.41, 5.74) is 0. The predicted molar refractivity (Wildman–Crippen MR) is 80.0 cm³/mol. The quantitative estimate of drug-likeness (QED) is 0.632. The highest BCUT2D eigenvalue weighted by atomic mass is 15.2. The Bertz CT molecular complexity index is 307. The zero-order chi connectivity index (χ0) is 13.0. The van der Waals surface area contributed by atoms with Crippen LogP contribution >= 0.6 is 0 Å². The fourth-order valence-corrected chi connectivity index (χ4v) is 6.92. The number of hydrogen-bond donors (Lipinski definition) is 0. The van der Waals surface area contributed by atoms with Gasteiger partial charge < -0.3 is 4.90 Å². The third kappa shape index (κ3) is 1.83. The number of nitrogens with zero attached hydrogens (tertiary/aromatic N) is 1. The second kappa shape index (κ2) is 4.76. The first-order valence-corrected chi connectivity index (χ1v) is 8.97. The minimum absolute atomic E-state index is 0.952. The molecule has 4 fully saturated rings. The molecule has 1 heteroatoms. The zero-order valence-electron chi connectivity index (χ0n) is 12.9. The summed E-state index contributed by atoms with van der Waals surface area (Å²) >= 11 is 0. The lowest BCUT2D eigenvalue weighted by Crippen LogP contribution is -2.59. The molecule has 108 valence electrons. The largest absolute Gasteiger partial charge is 0.303 e. The number of likely N-dealkylation sites (tertiary alicyclic amines) is 1. The molecule has 0 spiro atoms. The molecule has 19 heavy (non-hydrogen) atoms. The maximum Gasteiger partial charge on any atom is 0.0157 e. The molecule has 3 saturated carbocycles. The van der Waals surface area contributed by atoms with Crippen molar-refractivity contribution in [1.29, 1.82) is 0 Å². The van der Waals surface area contributed by atoms with Crippen molar-refractivity contribution in [1.82, 2.24) is 4.90 Å². The van der Waals surface area contributed by atoms with Crippen LogP contribution in [0.15, 0.2) is 0 Å². The lowest BCUT2D eigenvalue weighted by atomic mass is 9.52. The topological polar surface area (TPSA) is 3.24 Å². The van der Waals surface area contributed by atoms with Crippen molar-refractivity contribution in [3.63, 3.8) is 0 Å². The van der Waals surface area contributed by atoms with E-state index in [0.29, 0.717) is 0 Å². The Morgan fingerprint density at radius 3 is 2.21 bits per heavy atom. The van der Waals surface area contributed by atoms with Gasteiger partial charge in [0.1, 0.15) is 0 Å². The van der Waals surface area contributed by atoms with Crippen molar-refractivity contribution in [2.45, 2.75) is 64.3 Å². The van der Waals surface area contributed by atoms with E-state index in [1.165, 1.54) is 25.8 Å². The van der Waals surface area contributed by atoms with E-state index >= 15 is 0 Å². The zero-order valence-corrected chi connectivity index (χ0v) is 12.9. The third-order valence-corrected chi connectivity index (χ3v) is 7.46. The molecule has 0 aromatic carbocycles. The van der Waals surface area contributed by atoms with Crippen LogP contribution in [0, 0.1) is 35.5 Å². The molecule has 0 bridgehead atoms. The van der Waals surface area contributed by atoms with Gasteiger partial charge in [0, 0.05) is 6.04 Å². The molecule has 1 aliphatic heterocycles. The van der Waals surface area contributed by atoms with E-state index in [0.717, 1.165) is 41.5 Å². The van der Waals surface area contributed by atoms with Crippen molar-refractivity contribution in [3.05, 3.63) is 0 Å². The van der Waals surface area contributed by atoms with E-state index in [4.69, 9.17) is 0 Å². The van der Waals surface area contributed by atoms with Crippen LogP contribution in [0.5, 0.6) is 0 Å². The normalized spacial score (nSPS) is 54.3. The Morgan fingerprint density at radius 1 is 0.737 bits per heavy atom. The van der Waals surface area contributed by atoms with Gasteiger partial charge >= 0.3 is 0 Å². The van der Waals surface area contributed by atoms with Gasteiger partial charge in [0.25, 0.3) is 0 Å². The number of hydrogen-bond acceptors (Lipinski definition) is 1. The van der Waals surface area contributed by atoms with E-state index in [-0.39, 0.29) is 0 Å². The second-order valence-corrected chi connectivity index (χ2v) is 8.19. The minimum Gasteiger partial charge on any atom is -0.303 e. The Labute approximate surface area is 119 Å². The van der Waals surface area contributed by atoms with E-state index < -0.39 is 0 Å². The van der Waals surface area contributed by atoms with Crippen LogP contribution in [0.25, 0.3) is 0 Å². The van der Waals surface area contributed by atoms with E-state index in [2.05, 4.69) is 18.9 Å². The Morgan fingerprint density at radius 2 is 1.37 bits per heavy atom. The first-order chi connectivity index (χ1) is 9.27. The van der Waals surface area contributed by atoms with Crippen LogP contribution in [-0.2, 0) is 0 Å². The Kier molecular flexibility index (Phi) is 3.17. The lowest BCUT2D eigenvalue weighted by Gasteiger charge is -2.58. The average molecular weight is 261 g/mol. The van der Waals surface area contributed by atoms with Crippen LogP contribution in [0.3, 0.4) is 0 Å². The molecule has 3 aliphatic carbocycles. The number of piperidine rings is 1. The van der Waals surface area contributed by atoms with Gasteiger partial charge in [-0.1, -0.05) is 26.2 Å². The average Bonchev–Trinajstić information content (AvgIpc) is 2.89. The van der Waals surface area contributed by atoms with Gasteiger partial charge in [0.05, 0.1) is 0 Å². The molecule has 7 unspecified atom stereocenters. The van der Waals surface area contributed by atoms with Crippen molar-refractivity contribution < 1.29 is 0 Å². The molecule has 0 N–H and O–H groups in total. The van der Waals surface area contributed by atoms with Gasteiger partial charge in [-0.2, -0.15) is 0 Å². The molecule has 0 aromatic rings. The SMILES string of the molecule is CC1CCCC2C3CCCC3C3CCCN(C)C3C12. The van der Waals surface area contributed by atoms with Crippen LogP contribution in [0.2, 0.25) is 0 Å². The number of rotatable bonds is 0. The molecule has 0 aromatic heterocycles. The van der Waals surface area contributed by atoms with Crippen molar-refractivity contribution in [3.8, 4) is 0 Å². The third-order valence-electron chi connectivity index (χ3n) is 7.46. The molecule has 1 nitrogen and oxygen atoms in total. The maximum absolute atomic E-state index is 2.78. The predicted octanol–water partition coefficient (Wildman–Crippen LogP) is 4.18. The summed E-state index contributed by atoms with van der Waals surface area (Å²) in [5.74, 6) is 6.43. The lowest BCUT2D eigenvalue weighted by molar-refractivity contribution is -0.0910. The summed E-state index contributed by atoms with van der Waals surface area (Å²) in [6, 6.07) is 0.952. The molecular formula is C18H31N. The van der Waals surface area contributed by atoms with Gasteiger partial charge in [-0.25, -0.2) is 0 Å². The van der Waals surface area contributed by atoms with Crippen molar-refractivity contribution in [2.75, 3.05) is 13.6 Å². The molecule has 7 atom stereocenters. The molecular weight excluding hydrogens is 230 g/mol. The van der Waals surface area contributed by atoms with Gasteiger partial charge in [-0.3, -0.25) is 0 Å². The summed E-state index contributed by atoms with van der Waals surface area (Å²) < 4.78 is 0. The standard InChI is InChI=1S/C18H31N/c1-12-6-3-9-15-13-7-4-8-14(13)16-10-5-11-19(2)18(16)17(12)15/h12-18H,3-11H2,1-2H3. The van der Waals surface area contributed by atoms with E-state index in [9.17, 15) is 0 Å². The second-order valence-electron chi connectivity index (χ2n) is 8.19. The highest BCUT2D eigenvalue weighted by Gasteiger charge is 2.55. The molecule has 0 radical (unpaired) electrons. The summed E-state index contributed by atoms with van der Waals surface area (Å²) in [7, 11) is 2.44. The Balaban J connectivity index is 1.71. The first-order valence-electron chi connectivity index (χ1n) is 8.97. The van der Waals surface area contributed by atoms with Crippen molar-refractivity contribution >= 4 is 0 Å². The highest BCUT2D eigenvalue weighted by molar-refractivity contribution is 5.06. The molecule has 1 heterocycles. The summed E-state index contributed by atoms with van der Waals surface area (Å²) in [5, 5.41) is 0. The van der Waals surface area contributed by atoms with Gasteiger partial charge in [-0.15, -0.1) is 0 Å². The smallest absolute Gasteiger partial charge is 0.0157 e. The van der Waals surface area contributed by atoms with Gasteiger partial charge in [-0.05, 0) is 81.2 Å². The van der Waals surface area contributed by atoms with E-state index in [1.54, 1.807) is 32.1 Å². The highest BCUT2D eigenvalue weighted by Crippen LogP contribution is 2.58. The van der Waals surface area contributed by atoms with Crippen molar-refractivity contribution in [2.24, 2.45) is 35.5 Å². The molecule has 1 saturated heterocycles. The Hall–Kier alpha value is -0.0400.